The molecule has 3 aliphatic rings. The zero-order valence-corrected chi connectivity index (χ0v) is 24.8. The van der Waals surface area contributed by atoms with Crippen molar-refractivity contribution in [3.8, 4) is 0 Å². The Kier molecular flexibility index (Phi) is 10.6. The summed E-state index contributed by atoms with van der Waals surface area (Å²) in [5.41, 5.74) is 3.48. The Bertz CT molecular complexity index is 1620. The summed E-state index contributed by atoms with van der Waals surface area (Å²) in [6.45, 7) is 2.42. The van der Waals surface area contributed by atoms with Gasteiger partial charge in [-0.15, -0.1) is 12.4 Å². The minimum absolute atomic E-state index is 0. The molecule has 230 valence electrons. The molecule has 0 bridgehead atoms. The summed E-state index contributed by atoms with van der Waals surface area (Å²) in [5.74, 6) is 1.14. The number of piperidine rings is 1. The molecule has 3 aliphatic heterocycles. The number of aryl methyl sites for hydroxylation is 3. The SMILES string of the molecule is Cc1nc(C2CCCCN2C(=O)/C=C/c2cnc3c(c2)CCC(=O)N3)no1.Cl.O=C(O)/C=C/c1cnc2c(c1)CCC(=O)N2. The molecule has 1 unspecified atom stereocenters. The van der Waals surface area contributed by atoms with Crippen LogP contribution in [-0.4, -0.2) is 60.4 Å². The largest absolute Gasteiger partial charge is 0.478 e. The maximum atomic E-state index is 12.8. The second-order valence-corrected chi connectivity index (χ2v) is 10.4. The number of likely N-dealkylation sites (tertiary alicyclic amines) is 1. The summed E-state index contributed by atoms with van der Waals surface area (Å²) in [7, 11) is 0. The number of nitrogens with zero attached hydrogens (tertiary/aromatic N) is 5. The number of carbonyl (C=O) groups excluding carboxylic acids is 3. The highest BCUT2D eigenvalue weighted by atomic mass is 35.5. The normalized spacial score (nSPS) is 17.5. The van der Waals surface area contributed by atoms with E-state index >= 15 is 0 Å². The van der Waals surface area contributed by atoms with Gasteiger partial charge in [-0.3, -0.25) is 14.4 Å². The van der Waals surface area contributed by atoms with Gasteiger partial charge in [0.15, 0.2) is 5.82 Å². The Morgan fingerprint density at radius 1 is 0.932 bits per heavy atom. The Morgan fingerprint density at radius 3 is 2.07 bits per heavy atom. The predicted octanol–water partition coefficient (Wildman–Crippen LogP) is 3.91. The highest BCUT2D eigenvalue weighted by molar-refractivity contribution is 5.94. The van der Waals surface area contributed by atoms with Gasteiger partial charge in [0.1, 0.15) is 11.6 Å². The summed E-state index contributed by atoms with van der Waals surface area (Å²) in [5, 5.41) is 17.9. The first kappa shape index (κ1) is 32.0. The number of hydrogen-bond donors (Lipinski definition) is 3. The molecule has 0 saturated carbocycles. The lowest BCUT2D eigenvalue weighted by Crippen LogP contribution is -2.38. The van der Waals surface area contributed by atoms with Crippen LogP contribution in [0.1, 0.15) is 72.1 Å². The first-order valence-electron chi connectivity index (χ1n) is 14.0. The molecule has 13 nitrogen and oxygen atoms in total. The minimum Gasteiger partial charge on any atom is -0.478 e. The second kappa shape index (κ2) is 14.5. The van der Waals surface area contributed by atoms with Crippen molar-refractivity contribution in [1.29, 1.82) is 0 Å². The molecule has 1 atom stereocenters. The third-order valence-electron chi connectivity index (χ3n) is 7.20. The molecule has 0 aliphatic carbocycles. The van der Waals surface area contributed by atoms with E-state index in [1.165, 1.54) is 12.3 Å². The smallest absolute Gasteiger partial charge is 0.328 e. The average molecular weight is 622 g/mol. The fourth-order valence-corrected chi connectivity index (χ4v) is 5.08. The molecule has 14 heteroatoms. The van der Waals surface area contributed by atoms with Crippen LogP contribution in [0.2, 0.25) is 0 Å². The summed E-state index contributed by atoms with van der Waals surface area (Å²) < 4.78 is 5.08. The summed E-state index contributed by atoms with van der Waals surface area (Å²) in [4.78, 5) is 60.1. The van der Waals surface area contributed by atoms with E-state index in [2.05, 4.69) is 30.7 Å². The highest BCUT2D eigenvalue weighted by Crippen LogP contribution is 2.30. The van der Waals surface area contributed by atoms with Gasteiger partial charge in [-0.05, 0) is 78.6 Å². The molecular weight excluding hydrogens is 590 g/mol. The average Bonchev–Trinajstić information content (AvgIpc) is 3.45. The first-order valence-corrected chi connectivity index (χ1v) is 14.0. The van der Waals surface area contributed by atoms with Gasteiger partial charge in [-0.25, -0.2) is 14.8 Å². The maximum Gasteiger partial charge on any atom is 0.328 e. The van der Waals surface area contributed by atoms with Gasteiger partial charge in [-0.2, -0.15) is 4.98 Å². The number of nitrogens with one attached hydrogen (secondary N) is 2. The third kappa shape index (κ3) is 8.13. The van der Waals surface area contributed by atoms with Gasteiger partial charge in [0, 0.05) is 50.9 Å². The van der Waals surface area contributed by atoms with Gasteiger partial charge < -0.3 is 25.2 Å². The van der Waals surface area contributed by atoms with Gasteiger partial charge in [0.25, 0.3) is 0 Å². The Hall–Kier alpha value is -4.91. The van der Waals surface area contributed by atoms with Crippen LogP contribution in [0.5, 0.6) is 0 Å². The molecular formula is C30H32ClN7O6. The number of aromatic nitrogens is 4. The molecule has 6 heterocycles. The van der Waals surface area contributed by atoms with Crippen molar-refractivity contribution in [3.63, 3.8) is 0 Å². The van der Waals surface area contributed by atoms with Crippen LogP contribution in [0.25, 0.3) is 12.2 Å². The van der Waals surface area contributed by atoms with Gasteiger partial charge >= 0.3 is 5.97 Å². The van der Waals surface area contributed by atoms with E-state index in [-0.39, 0.29) is 36.2 Å². The van der Waals surface area contributed by atoms with Gasteiger partial charge in [-0.1, -0.05) is 5.16 Å². The van der Waals surface area contributed by atoms with Crippen LogP contribution in [0, 0.1) is 6.92 Å². The number of carboxylic acid groups (broad SMARTS) is 1. The molecule has 3 N–H and O–H groups in total. The molecule has 1 fully saturated rings. The fourth-order valence-electron chi connectivity index (χ4n) is 5.08. The van der Waals surface area contributed by atoms with Crippen molar-refractivity contribution >= 4 is 59.9 Å². The van der Waals surface area contributed by atoms with E-state index in [0.717, 1.165) is 47.6 Å². The molecule has 0 radical (unpaired) electrons. The lowest BCUT2D eigenvalue weighted by atomic mass is 10.0. The Balaban J connectivity index is 0.000000223. The quantitative estimate of drug-likeness (QED) is 0.353. The number of pyridine rings is 2. The third-order valence-corrected chi connectivity index (χ3v) is 7.20. The van der Waals surface area contributed by atoms with Crippen LogP contribution in [0.15, 0.2) is 41.2 Å². The molecule has 3 aromatic rings. The number of halogens is 1. The molecule has 1 saturated heterocycles. The van der Waals surface area contributed by atoms with E-state index in [4.69, 9.17) is 9.63 Å². The molecule has 0 aromatic carbocycles. The van der Waals surface area contributed by atoms with Crippen molar-refractivity contribution in [2.75, 3.05) is 17.2 Å². The zero-order valence-electron chi connectivity index (χ0n) is 24.0. The first-order chi connectivity index (χ1) is 20.7. The predicted molar refractivity (Wildman–Crippen MR) is 163 cm³/mol. The molecule has 3 aromatic heterocycles. The monoisotopic (exact) mass is 621 g/mol. The van der Waals surface area contributed by atoms with E-state index in [1.807, 2.05) is 12.1 Å². The Labute approximate surface area is 259 Å². The van der Waals surface area contributed by atoms with Crippen LogP contribution >= 0.6 is 12.4 Å². The van der Waals surface area contributed by atoms with Crippen LogP contribution < -0.4 is 10.6 Å². The number of amides is 3. The van der Waals surface area contributed by atoms with E-state index < -0.39 is 5.97 Å². The van der Waals surface area contributed by atoms with E-state index in [1.54, 1.807) is 30.2 Å². The minimum atomic E-state index is -0.994. The number of carbonyl (C=O) groups is 4. The number of hydrogen-bond acceptors (Lipinski definition) is 9. The topological polar surface area (TPSA) is 181 Å². The lowest BCUT2D eigenvalue weighted by molar-refractivity contribution is -0.131. The van der Waals surface area contributed by atoms with Crippen LogP contribution in [0.3, 0.4) is 0 Å². The molecule has 0 spiro atoms. The molecule has 44 heavy (non-hydrogen) atoms. The second-order valence-electron chi connectivity index (χ2n) is 10.4. The van der Waals surface area contributed by atoms with E-state index in [0.29, 0.717) is 55.6 Å². The number of carboxylic acids is 1. The number of aliphatic carboxylic acids is 1. The number of anilines is 2. The summed E-state index contributed by atoms with van der Waals surface area (Å²) in [6, 6.07) is 3.65. The van der Waals surface area contributed by atoms with Crippen molar-refractivity contribution < 1.29 is 28.8 Å². The standard InChI is InChI=1S/C19H21N5O3.C11H10N2O3.ClH/c1-12-21-19(23-27-12)15-4-2-3-9-24(15)17(26)8-5-13-10-14-6-7-16(25)22-18(14)20-11-13;14-9-3-2-8-5-7(1-4-10(15)16)6-12-11(8)13-9;/h5,8,10-11,15H,2-4,6-7,9H2,1H3,(H,20,22,25);1,4-6H,2-3H2,(H,15,16)(H,12,13,14);1H/b8-5+;4-1+;. The lowest BCUT2D eigenvalue weighted by Gasteiger charge is -2.33. The van der Waals surface area contributed by atoms with Gasteiger partial charge in [0.05, 0.1) is 6.04 Å². The zero-order chi connectivity index (χ0) is 30.3. The molecule has 3 amide bonds. The van der Waals surface area contributed by atoms with Crippen molar-refractivity contribution in [1.82, 2.24) is 25.0 Å². The van der Waals surface area contributed by atoms with Crippen molar-refractivity contribution in [2.24, 2.45) is 0 Å². The van der Waals surface area contributed by atoms with E-state index in [9.17, 15) is 19.2 Å². The fraction of sp³-hybridized carbons (Fsp3) is 0.333. The molecule has 6 rings (SSSR count). The summed E-state index contributed by atoms with van der Waals surface area (Å²) >= 11 is 0. The van der Waals surface area contributed by atoms with Crippen molar-refractivity contribution in [2.45, 2.75) is 57.9 Å². The number of rotatable bonds is 5. The van der Waals surface area contributed by atoms with Crippen LogP contribution in [-0.2, 0) is 32.0 Å². The number of fused-ring (bicyclic) bond motifs is 2. The Morgan fingerprint density at radius 2 is 1.52 bits per heavy atom. The summed E-state index contributed by atoms with van der Waals surface area (Å²) in [6.07, 6.45) is 14.1. The highest BCUT2D eigenvalue weighted by Gasteiger charge is 2.30. The van der Waals surface area contributed by atoms with Crippen LogP contribution in [0.4, 0.5) is 11.6 Å². The van der Waals surface area contributed by atoms with Crippen molar-refractivity contribution in [3.05, 3.63) is 70.6 Å². The van der Waals surface area contributed by atoms with Gasteiger partial charge in [0.2, 0.25) is 23.6 Å². The maximum absolute atomic E-state index is 12.8.